The van der Waals surface area contributed by atoms with Crippen LogP contribution in [0, 0.1) is 71.9 Å². The summed E-state index contributed by atoms with van der Waals surface area (Å²) in [4.78, 5) is 10.9. The molecule has 0 spiro atoms. The SMILES string of the molecule is Fc1[c-]c(F)c(F)c(F)c1F.[Au].[Au].[CH2-]P([CH2-])(O[N+](=O)[O-])(c1ccccc1)c1ccccc1.[CH2-][P+]([CH2-])(c1ccccc1)c1ccccc1. The summed E-state index contributed by atoms with van der Waals surface area (Å²) < 4.78 is 64.9. The van der Waals surface area contributed by atoms with Gasteiger partial charge in [0.25, 0.3) is 0 Å². The summed E-state index contributed by atoms with van der Waals surface area (Å²) in [5.74, 6) is -10.0. The van der Waals surface area contributed by atoms with Crippen molar-refractivity contribution in [3.63, 3.8) is 0 Å². The molecule has 13 heteroatoms. The Morgan fingerprint density at radius 1 is 0.596 bits per heavy atom. The zero-order chi connectivity index (χ0) is 33.3. The Bertz CT molecular complexity index is 1610. The maximum atomic E-state index is 12.0. The Hall–Kier alpha value is -2.71. The fourth-order valence-corrected chi connectivity index (χ4v) is 8.35. The fourth-order valence-electron chi connectivity index (χ4n) is 4.02. The van der Waals surface area contributed by atoms with Gasteiger partial charge in [0.15, 0.2) is 0 Å². The van der Waals surface area contributed by atoms with Gasteiger partial charge in [-0.3, -0.25) is 8.78 Å². The van der Waals surface area contributed by atoms with E-state index >= 15 is 0 Å². The summed E-state index contributed by atoms with van der Waals surface area (Å²) >= 11 is 0. The zero-order valence-corrected chi connectivity index (χ0v) is 30.6. The molecule has 0 amide bonds. The van der Waals surface area contributed by atoms with Crippen molar-refractivity contribution in [2.24, 2.45) is 0 Å². The molecule has 0 aliphatic carbocycles. The van der Waals surface area contributed by atoms with Gasteiger partial charge in [-0.1, -0.05) is 36.4 Å². The van der Waals surface area contributed by atoms with Crippen LogP contribution in [0.3, 0.4) is 0 Å². The molecule has 0 aliphatic heterocycles. The molecule has 47 heavy (non-hydrogen) atoms. The Morgan fingerprint density at radius 2 is 0.894 bits per heavy atom. The largest absolute Gasteiger partial charge is 0.199 e. The van der Waals surface area contributed by atoms with Gasteiger partial charge in [-0.25, -0.2) is 13.2 Å². The van der Waals surface area contributed by atoms with Gasteiger partial charge in [-0.05, 0) is 24.3 Å². The second-order valence-corrected chi connectivity index (χ2v) is 16.7. The van der Waals surface area contributed by atoms with Crippen LogP contribution in [0.15, 0.2) is 121 Å². The number of benzene rings is 5. The first kappa shape index (κ1) is 42.3. The molecule has 4 nitrogen and oxygen atoms in total. The van der Waals surface area contributed by atoms with E-state index in [1.807, 2.05) is 48.5 Å². The van der Waals surface area contributed by atoms with Crippen LogP contribution < -0.4 is 21.2 Å². The zero-order valence-electron chi connectivity index (χ0n) is 24.4. The molecule has 0 unspecified atom stereocenters. The van der Waals surface area contributed by atoms with E-state index in [1.54, 1.807) is 48.5 Å². The maximum Gasteiger partial charge on any atom is 0.0408 e. The molecule has 0 fully saturated rings. The van der Waals surface area contributed by atoms with Crippen LogP contribution in [0.25, 0.3) is 0 Å². The van der Waals surface area contributed by atoms with E-state index in [-0.39, 0.29) is 44.8 Å². The molecule has 5 rings (SSSR count). The first-order valence-electron chi connectivity index (χ1n) is 13.0. The van der Waals surface area contributed by atoms with Gasteiger partial charge in [0.1, 0.15) is 0 Å². The van der Waals surface area contributed by atoms with E-state index in [0.717, 1.165) is 6.07 Å². The Kier molecular flexibility index (Phi) is 16.4. The van der Waals surface area contributed by atoms with Crippen LogP contribution in [0.1, 0.15) is 0 Å². The number of rotatable bonds is 6. The molecule has 258 valence electrons. The van der Waals surface area contributed by atoms with Crippen LogP contribution in [-0.4, -0.2) is 5.09 Å². The standard InChI is InChI=1S/C14H14NO3P.C14H14P.C6F5.2Au/c1-19(2,18-15(16)17,13-9-5-3-6-10-13)14-11-7-4-8-12-14;1-15(2,13-9-5-3-6-10-13)14-11-7-4-8-12-14;7-2-1-3(8)5(10)6(11)4(2)9;;/h3-12H,1-2H2;3-12H,1-2H2;;;/q-2;2*-1;;. The van der Waals surface area contributed by atoms with Crippen LogP contribution in [0.2, 0.25) is 0 Å². The average Bonchev–Trinajstić information content (AvgIpc) is 3.05. The molecule has 5 aromatic carbocycles. The first-order chi connectivity index (χ1) is 21.2. The molecule has 0 N–H and O–H groups in total. The molecule has 2 radical (unpaired) electrons. The quantitative estimate of drug-likeness (QED) is 0.0252. The average molecular weight is 1050 g/mol. The smallest absolute Gasteiger partial charge is 0.0408 e. The Labute approximate surface area is 303 Å². The summed E-state index contributed by atoms with van der Waals surface area (Å²) in [6.07, 6.45) is 0. The van der Waals surface area contributed by atoms with E-state index in [1.165, 1.54) is 10.6 Å². The second kappa shape index (κ2) is 18.2. The van der Waals surface area contributed by atoms with Gasteiger partial charge < -0.3 is 0 Å². The minimum absolute atomic E-state index is 0. The fraction of sp³-hybridized carbons (Fsp3) is 0. The third-order valence-electron chi connectivity index (χ3n) is 6.47. The van der Waals surface area contributed by atoms with Gasteiger partial charge in [-0.2, -0.15) is 20.6 Å². The summed E-state index contributed by atoms with van der Waals surface area (Å²) in [7, 11) is -1.65. The molecule has 0 atom stereocenters. The van der Waals surface area contributed by atoms with Crippen molar-refractivity contribution in [1.82, 2.24) is 0 Å². The minimum Gasteiger partial charge on any atom is -0.199 e. The van der Waals surface area contributed by atoms with E-state index in [4.69, 9.17) is 4.62 Å². The van der Waals surface area contributed by atoms with Gasteiger partial charge in [0.05, 0.1) is 29.1 Å². The molecule has 0 aliphatic rings. The number of halogens is 5. The molecular formula is C34H28Au2F5NO3P2-4. The van der Waals surface area contributed by atoms with Gasteiger partial charge in [0.2, 0.25) is 0 Å². The molecular weight excluding hydrogens is 1020 g/mol. The predicted octanol–water partition coefficient (Wildman–Crippen LogP) is 8.31. The topological polar surface area (TPSA) is 52.4 Å². The molecule has 0 bridgehead atoms. The van der Waals surface area contributed by atoms with Crippen LogP contribution >= 0.6 is 14.1 Å². The van der Waals surface area contributed by atoms with E-state index < -0.39 is 48.3 Å². The monoisotopic (exact) mass is 1050 g/mol. The van der Waals surface area contributed by atoms with Crippen molar-refractivity contribution < 1.29 is 76.4 Å². The molecule has 0 heterocycles. The minimum atomic E-state index is -3.75. The molecule has 0 saturated heterocycles. The van der Waals surface area contributed by atoms with Crippen molar-refractivity contribution in [2.45, 2.75) is 0 Å². The van der Waals surface area contributed by atoms with E-state index in [2.05, 4.69) is 50.9 Å². The molecule has 0 aromatic heterocycles. The number of nitrogens with zero attached hydrogens (tertiary/aromatic N) is 1. The van der Waals surface area contributed by atoms with Crippen LogP contribution in [0.4, 0.5) is 22.0 Å². The first-order valence-corrected chi connectivity index (χ1v) is 17.7. The Balaban J connectivity index is 0.000000357. The molecule has 5 aromatic rings. The Morgan fingerprint density at radius 3 is 1.19 bits per heavy atom. The number of hydrogen-bond acceptors (Lipinski definition) is 3. The third-order valence-corrected chi connectivity index (χ3v) is 12.6. The van der Waals surface area contributed by atoms with Crippen molar-refractivity contribution in [3.8, 4) is 0 Å². The molecule has 0 saturated carbocycles. The maximum absolute atomic E-state index is 12.0. The van der Waals surface area contributed by atoms with Crippen LogP contribution in [-0.2, 0) is 49.4 Å². The summed E-state index contributed by atoms with van der Waals surface area (Å²) in [5, 5.41) is 13.9. The third kappa shape index (κ3) is 10.6. The summed E-state index contributed by atoms with van der Waals surface area (Å²) in [6, 6.07) is 39.6. The number of hydrogen-bond donors (Lipinski definition) is 0. The van der Waals surface area contributed by atoms with Crippen molar-refractivity contribution in [1.29, 1.82) is 0 Å². The predicted molar refractivity (Wildman–Crippen MR) is 173 cm³/mol. The summed E-state index contributed by atoms with van der Waals surface area (Å²) in [6.45, 7) is 12.9. The van der Waals surface area contributed by atoms with Crippen molar-refractivity contribution >= 4 is 35.3 Å². The van der Waals surface area contributed by atoms with Gasteiger partial charge >= 0.3 is 111 Å². The normalized spacial score (nSPS) is 11.4. The van der Waals surface area contributed by atoms with E-state index in [0.29, 0.717) is 10.6 Å². The van der Waals surface area contributed by atoms with Crippen molar-refractivity contribution in [3.05, 3.63) is 193 Å². The van der Waals surface area contributed by atoms with Gasteiger partial charge in [0, 0.05) is 55.4 Å². The van der Waals surface area contributed by atoms with Crippen LogP contribution in [0.5, 0.6) is 0 Å². The second-order valence-electron chi connectivity index (χ2n) is 9.72. The van der Waals surface area contributed by atoms with Crippen molar-refractivity contribution in [2.75, 3.05) is 0 Å². The van der Waals surface area contributed by atoms with Gasteiger partial charge in [-0.15, -0.1) is 6.07 Å². The van der Waals surface area contributed by atoms with E-state index in [9.17, 15) is 32.1 Å². The summed E-state index contributed by atoms with van der Waals surface area (Å²) in [5.41, 5.74) is 0.